The number of nitrogens with zero attached hydrogens (tertiary/aromatic N) is 2. The molecular weight excluding hydrogens is 739 g/mol. The molecule has 0 aliphatic carbocycles. The Morgan fingerprint density at radius 3 is 1.84 bits per heavy atom. The predicted molar refractivity (Wildman–Crippen MR) is 262 cm³/mol. The average molecular weight is 797 g/mol. The minimum atomic E-state index is -0.396. The predicted octanol–water partition coefficient (Wildman–Crippen LogP) is 13.9. The van der Waals surface area contributed by atoms with E-state index in [9.17, 15) is 0 Å². The van der Waals surface area contributed by atoms with Gasteiger partial charge in [0.15, 0.2) is 0 Å². The molecule has 0 spiro atoms. The summed E-state index contributed by atoms with van der Waals surface area (Å²) in [5, 5.41) is 3.65. The van der Waals surface area contributed by atoms with Gasteiger partial charge in [-0.25, -0.2) is 0 Å². The summed E-state index contributed by atoms with van der Waals surface area (Å²) in [6.45, 7) is 25.4. The average Bonchev–Trinajstić information content (AvgIpc) is 3.62. The molecule has 0 amide bonds. The highest BCUT2D eigenvalue weighted by atomic mass is 16.3. The van der Waals surface area contributed by atoms with Gasteiger partial charge in [0.1, 0.15) is 5.58 Å². The Hall–Kier alpha value is -6.00. The summed E-state index contributed by atoms with van der Waals surface area (Å²) in [5.74, 6) is 0. The first-order chi connectivity index (χ1) is 28.9. The third kappa shape index (κ3) is 6.32. The summed E-state index contributed by atoms with van der Waals surface area (Å²) in [7, 11) is 0. The van der Waals surface area contributed by atoms with Gasteiger partial charge in [-0.1, -0.05) is 161 Å². The van der Waals surface area contributed by atoms with Crippen LogP contribution >= 0.6 is 0 Å². The van der Waals surface area contributed by atoms with Crippen LogP contribution in [0.2, 0.25) is 0 Å². The minimum absolute atomic E-state index is 0.00616. The first-order valence-electron chi connectivity index (χ1n) is 22.0. The monoisotopic (exact) mass is 796 g/mol. The van der Waals surface area contributed by atoms with Gasteiger partial charge in [-0.15, -0.1) is 0 Å². The smallest absolute Gasteiger partial charge is 0.292 e. The lowest BCUT2D eigenvalue weighted by Gasteiger charge is -2.45. The topological polar surface area (TPSA) is 19.6 Å². The van der Waals surface area contributed by atoms with Crippen molar-refractivity contribution in [1.82, 2.24) is 0 Å². The molecule has 1 aromatic heterocycles. The number of para-hydroxylation sites is 1. The molecule has 4 heteroatoms. The van der Waals surface area contributed by atoms with Crippen LogP contribution < -0.4 is 26.4 Å². The van der Waals surface area contributed by atoms with E-state index in [1.165, 1.54) is 66.3 Å². The third-order valence-corrected chi connectivity index (χ3v) is 13.5. The van der Waals surface area contributed by atoms with Crippen molar-refractivity contribution in [3.8, 4) is 0 Å². The Balaban J connectivity index is 1.32. The van der Waals surface area contributed by atoms with E-state index in [0.717, 1.165) is 34.0 Å². The molecule has 0 N–H and O–H groups in total. The van der Waals surface area contributed by atoms with Crippen molar-refractivity contribution in [3.05, 3.63) is 173 Å². The van der Waals surface area contributed by atoms with Crippen molar-refractivity contribution >= 4 is 79.2 Å². The minimum Gasteiger partial charge on any atom is -0.470 e. The fourth-order valence-corrected chi connectivity index (χ4v) is 10.1. The molecule has 2 aliphatic heterocycles. The Bertz CT molecular complexity index is 3010. The molecule has 0 saturated heterocycles. The summed E-state index contributed by atoms with van der Waals surface area (Å²) >= 11 is 0. The van der Waals surface area contributed by atoms with E-state index in [2.05, 4.69) is 232 Å². The van der Waals surface area contributed by atoms with Crippen LogP contribution in [0.1, 0.15) is 104 Å². The number of benzene rings is 7. The van der Waals surface area contributed by atoms with E-state index in [1.54, 1.807) is 0 Å². The Morgan fingerprint density at radius 1 is 0.525 bits per heavy atom. The van der Waals surface area contributed by atoms with E-state index in [-0.39, 0.29) is 23.0 Å². The van der Waals surface area contributed by atoms with E-state index in [4.69, 9.17) is 4.42 Å². The zero-order valence-electron chi connectivity index (χ0n) is 37.7. The summed E-state index contributed by atoms with van der Waals surface area (Å²) in [6.07, 6.45) is 0. The van der Waals surface area contributed by atoms with E-state index in [1.807, 2.05) is 0 Å². The van der Waals surface area contributed by atoms with Gasteiger partial charge in [0, 0.05) is 50.5 Å². The van der Waals surface area contributed by atoms with E-state index in [0.29, 0.717) is 0 Å². The number of anilines is 6. The standard InChI is InChI=1S/C57H57BN2O/c1-54(2,3)38-22-27-42(28-23-38)60-48-30-25-39(55(4,5)6)32-47(48)58-52-46(57(10,11)51-45-29-24-40(56(7,8)9)33-50(45)61-53(51)58)34-44(35-49(52)60)59(41-19-13-12-14-20-41)43-26-21-36-17-15-16-18-37(36)31-43/h12-35H,1-11H3. The molecule has 0 saturated carbocycles. The van der Waals surface area contributed by atoms with Crippen LogP contribution in [0.15, 0.2) is 150 Å². The highest BCUT2D eigenvalue weighted by Crippen LogP contribution is 2.49. The lowest BCUT2D eigenvalue weighted by atomic mass is 9.32. The molecule has 0 bridgehead atoms. The normalized spacial score (nSPS) is 14.5. The maximum atomic E-state index is 7.32. The van der Waals surface area contributed by atoms with Crippen molar-refractivity contribution < 1.29 is 4.42 Å². The quantitative estimate of drug-likeness (QED) is 0.165. The fraction of sp³-hybridized carbons (Fsp3) is 0.263. The molecule has 3 heterocycles. The van der Waals surface area contributed by atoms with Crippen molar-refractivity contribution in [2.24, 2.45) is 0 Å². The molecule has 2 aliphatic rings. The fourth-order valence-electron chi connectivity index (χ4n) is 10.1. The number of rotatable bonds is 4. The van der Waals surface area contributed by atoms with Gasteiger partial charge in [0.2, 0.25) is 0 Å². The summed E-state index contributed by atoms with van der Waals surface area (Å²) in [4.78, 5) is 4.99. The molecule has 3 nitrogen and oxygen atoms in total. The summed E-state index contributed by atoms with van der Waals surface area (Å²) in [5.41, 5.74) is 17.7. The number of hydrogen-bond acceptors (Lipinski definition) is 3. The van der Waals surface area contributed by atoms with Crippen LogP contribution in [0.5, 0.6) is 0 Å². The van der Waals surface area contributed by atoms with Gasteiger partial charge in [0.25, 0.3) is 6.71 Å². The zero-order chi connectivity index (χ0) is 42.8. The van der Waals surface area contributed by atoms with Crippen LogP contribution in [0.3, 0.4) is 0 Å². The first-order valence-corrected chi connectivity index (χ1v) is 22.0. The molecule has 0 unspecified atom stereocenters. The van der Waals surface area contributed by atoms with Gasteiger partial charge >= 0.3 is 0 Å². The first kappa shape index (κ1) is 39.2. The SMILES string of the molecule is CC(C)(C)c1ccc(N2c3ccc(C(C)(C)C)cc3B3c4oc5cc(C(C)(C)C)ccc5c4C(C)(C)c4cc(N(c5ccccc5)c5ccc6ccccc6c5)cc2c43)cc1. The largest absolute Gasteiger partial charge is 0.470 e. The van der Waals surface area contributed by atoms with Crippen molar-refractivity contribution in [2.75, 3.05) is 9.80 Å². The lowest BCUT2D eigenvalue weighted by molar-refractivity contribution is 0.585. The molecule has 0 fully saturated rings. The number of fused-ring (bicyclic) bond motifs is 7. The van der Waals surface area contributed by atoms with Gasteiger partial charge in [-0.3, -0.25) is 0 Å². The molecule has 7 aromatic carbocycles. The molecule has 8 aromatic rings. The number of furan rings is 1. The van der Waals surface area contributed by atoms with Gasteiger partial charge in [0.05, 0.1) is 5.66 Å². The Labute approximate surface area is 363 Å². The second-order valence-corrected chi connectivity index (χ2v) is 21.1. The van der Waals surface area contributed by atoms with Crippen molar-refractivity contribution in [3.63, 3.8) is 0 Å². The highest BCUT2D eigenvalue weighted by Gasteiger charge is 2.50. The summed E-state index contributed by atoms with van der Waals surface area (Å²) in [6, 6.07) is 54.8. The van der Waals surface area contributed by atoms with Crippen LogP contribution in [0, 0.1) is 0 Å². The van der Waals surface area contributed by atoms with Gasteiger partial charge < -0.3 is 14.2 Å². The molecule has 0 atom stereocenters. The third-order valence-electron chi connectivity index (χ3n) is 13.5. The highest BCUT2D eigenvalue weighted by molar-refractivity contribution is 6.98. The molecule has 10 rings (SSSR count). The Morgan fingerprint density at radius 2 is 1.15 bits per heavy atom. The van der Waals surface area contributed by atoms with Crippen molar-refractivity contribution in [2.45, 2.75) is 97.8 Å². The maximum absolute atomic E-state index is 7.32. The van der Waals surface area contributed by atoms with Crippen LogP contribution in [0.4, 0.5) is 34.1 Å². The van der Waals surface area contributed by atoms with E-state index < -0.39 is 5.41 Å². The second kappa shape index (κ2) is 13.5. The van der Waals surface area contributed by atoms with Gasteiger partial charge in [-0.05, 0) is 121 Å². The van der Waals surface area contributed by atoms with Crippen LogP contribution in [-0.2, 0) is 21.7 Å². The number of hydrogen-bond donors (Lipinski definition) is 0. The Kier molecular flexibility index (Phi) is 8.67. The maximum Gasteiger partial charge on any atom is 0.292 e. The molecular formula is C57H57BN2O. The lowest BCUT2D eigenvalue weighted by Crippen LogP contribution is -2.63. The zero-order valence-corrected chi connectivity index (χ0v) is 37.7. The van der Waals surface area contributed by atoms with E-state index >= 15 is 0 Å². The second-order valence-electron chi connectivity index (χ2n) is 21.1. The molecule has 0 radical (unpaired) electrons. The van der Waals surface area contributed by atoms with Crippen LogP contribution in [0.25, 0.3) is 21.7 Å². The van der Waals surface area contributed by atoms with Gasteiger partial charge in [-0.2, -0.15) is 0 Å². The van der Waals surface area contributed by atoms with Crippen LogP contribution in [-0.4, -0.2) is 6.71 Å². The molecule has 61 heavy (non-hydrogen) atoms. The van der Waals surface area contributed by atoms with Crippen molar-refractivity contribution in [1.29, 1.82) is 0 Å². The summed E-state index contributed by atoms with van der Waals surface area (Å²) < 4.78 is 7.32. The molecule has 304 valence electrons.